The van der Waals surface area contributed by atoms with Crippen molar-refractivity contribution in [1.82, 2.24) is 5.32 Å². The van der Waals surface area contributed by atoms with E-state index in [0.29, 0.717) is 11.1 Å². The van der Waals surface area contributed by atoms with Gasteiger partial charge in [-0.1, -0.05) is 11.6 Å². The zero-order chi connectivity index (χ0) is 12.4. The fourth-order valence-corrected chi connectivity index (χ4v) is 2.86. The van der Waals surface area contributed by atoms with Crippen LogP contribution >= 0.6 is 22.9 Å². The van der Waals surface area contributed by atoms with E-state index in [2.05, 4.69) is 18.3 Å². The van der Waals surface area contributed by atoms with E-state index in [1.54, 1.807) is 17.4 Å². The SMILES string of the molecule is CNC(C)c1ccc(-c2cc(F)cc(Cl)c2)s1. The number of thiophene rings is 1. The summed E-state index contributed by atoms with van der Waals surface area (Å²) < 4.78 is 13.3. The molecule has 1 aromatic heterocycles. The third-order valence-corrected chi connectivity index (χ3v) is 4.17. The molecule has 1 unspecified atom stereocenters. The molecular formula is C13H13ClFNS. The Kier molecular flexibility index (Phi) is 3.82. The molecule has 0 radical (unpaired) electrons. The van der Waals surface area contributed by atoms with Crippen LogP contribution in [0.2, 0.25) is 5.02 Å². The number of hydrogen-bond acceptors (Lipinski definition) is 2. The summed E-state index contributed by atoms with van der Waals surface area (Å²) in [5, 5.41) is 3.61. The van der Waals surface area contributed by atoms with Gasteiger partial charge in [0.1, 0.15) is 5.82 Å². The van der Waals surface area contributed by atoms with Crippen LogP contribution in [0.25, 0.3) is 10.4 Å². The van der Waals surface area contributed by atoms with Crippen molar-refractivity contribution in [3.05, 3.63) is 46.0 Å². The highest BCUT2D eigenvalue weighted by Crippen LogP contribution is 2.32. The molecule has 0 amide bonds. The summed E-state index contributed by atoms with van der Waals surface area (Å²) in [4.78, 5) is 2.26. The first kappa shape index (κ1) is 12.6. The van der Waals surface area contributed by atoms with E-state index in [1.807, 2.05) is 13.1 Å². The molecular weight excluding hydrogens is 257 g/mol. The van der Waals surface area contributed by atoms with Crippen LogP contribution < -0.4 is 5.32 Å². The summed E-state index contributed by atoms with van der Waals surface area (Å²) in [6.45, 7) is 2.09. The summed E-state index contributed by atoms with van der Waals surface area (Å²) in [6.07, 6.45) is 0. The predicted molar refractivity (Wildman–Crippen MR) is 72.2 cm³/mol. The van der Waals surface area contributed by atoms with Crippen LogP contribution in [0.1, 0.15) is 17.8 Å². The quantitative estimate of drug-likeness (QED) is 0.866. The minimum Gasteiger partial charge on any atom is -0.313 e. The Morgan fingerprint density at radius 1 is 1.29 bits per heavy atom. The Balaban J connectivity index is 2.36. The van der Waals surface area contributed by atoms with Gasteiger partial charge in [0.2, 0.25) is 0 Å². The Morgan fingerprint density at radius 3 is 2.71 bits per heavy atom. The lowest BCUT2D eigenvalue weighted by atomic mass is 10.2. The summed E-state index contributed by atoms with van der Waals surface area (Å²) in [7, 11) is 1.92. The molecule has 4 heteroatoms. The Labute approximate surface area is 109 Å². The van der Waals surface area contributed by atoms with Gasteiger partial charge in [0.15, 0.2) is 0 Å². The van der Waals surface area contributed by atoms with Crippen molar-refractivity contribution in [3.63, 3.8) is 0 Å². The molecule has 0 saturated carbocycles. The topological polar surface area (TPSA) is 12.0 Å². The molecule has 1 atom stereocenters. The second kappa shape index (κ2) is 5.17. The van der Waals surface area contributed by atoms with Crippen molar-refractivity contribution < 1.29 is 4.39 Å². The summed E-state index contributed by atoms with van der Waals surface area (Å²) in [5.74, 6) is -0.302. The lowest BCUT2D eigenvalue weighted by Gasteiger charge is -2.06. The van der Waals surface area contributed by atoms with Crippen molar-refractivity contribution in [2.24, 2.45) is 0 Å². The van der Waals surface area contributed by atoms with Crippen molar-refractivity contribution in [2.45, 2.75) is 13.0 Å². The highest BCUT2D eigenvalue weighted by atomic mass is 35.5. The van der Waals surface area contributed by atoms with Crippen LogP contribution in [-0.2, 0) is 0 Å². The minimum atomic E-state index is -0.302. The molecule has 2 aromatic rings. The molecule has 0 bridgehead atoms. The van der Waals surface area contributed by atoms with Crippen molar-refractivity contribution in [2.75, 3.05) is 7.05 Å². The molecule has 1 nitrogen and oxygen atoms in total. The van der Waals surface area contributed by atoms with Gasteiger partial charge < -0.3 is 5.32 Å². The van der Waals surface area contributed by atoms with Gasteiger partial charge in [-0.15, -0.1) is 11.3 Å². The third kappa shape index (κ3) is 2.86. The highest BCUT2D eigenvalue weighted by molar-refractivity contribution is 7.15. The van der Waals surface area contributed by atoms with Crippen LogP contribution in [-0.4, -0.2) is 7.05 Å². The van der Waals surface area contributed by atoms with Crippen molar-refractivity contribution in [3.8, 4) is 10.4 Å². The van der Waals surface area contributed by atoms with Gasteiger partial charge in [-0.3, -0.25) is 0 Å². The van der Waals surface area contributed by atoms with Crippen molar-refractivity contribution >= 4 is 22.9 Å². The van der Waals surface area contributed by atoms with Crippen LogP contribution in [0.5, 0.6) is 0 Å². The molecule has 17 heavy (non-hydrogen) atoms. The predicted octanol–water partition coefficient (Wildman–Crippen LogP) is 4.49. The summed E-state index contributed by atoms with van der Waals surface area (Å²) in [6, 6.07) is 8.96. The molecule has 1 N–H and O–H groups in total. The Hall–Kier alpha value is -0.900. The van der Waals surface area contributed by atoms with E-state index < -0.39 is 0 Å². The minimum absolute atomic E-state index is 0.302. The average Bonchev–Trinajstić information content (AvgIpc) is 2.76. The molecule has 0 fully saturated rings. The van der Waals surface area contributed by atoms with Gasteiger partial charge in [-0.2, -0.15) is 0 Å². The second-order valence-corrected chi connectivity index (χ2v) is 5.42. The van der Waals surface area contributed by atoms with Gasteiger partial charge in [-0.05, 0) is 49.9 Å². The average molecular weight is 270 g/mol. The first-order valence-electron chi connectivity index (χ1n) is 5.33. The van der Waals surface area contributed by atoms with Gasteiger partial charge in [0.25, 0.3) is 0 Å². The molecule has 0 spiro atoms. The maximum atomic E-state index is 13.3. The fourth-order valence-electron chi connectivity index (χ4n) is 1.58. The Bertz CT molecular complexity index is 504. The first-order chi connectivity index (χ1) is 8.10. The standard InChI is InChI=1S/C13H13ClFNS/c1-8(16-2)12-3-4-13(17-12)9-5-10(14)7-11(15)6-9/h3-8,16H,1-2H3. The molecule has 90 valence electrons. The second-order valence-electron chi connectivity index (χ2n) is 3.87. The number of hydrogen-bond donors (Lipinski definition) is 1. The maximum Gasteiger partial charge on any atom is 0.125 e. The molecule has 1 heterocycles. The number of benzene rings is 1. The lowest BCUT2D eigenvalue weighted by Crippen LogP contribution is -2.10. The van der Waals surface area contributed by atoms with Crippen molar-refractivity contribution in [1.29, 1.82) is 0 Å². The van der Waals surface area contributed by atoms with E-state index in [4.69, 9.17) is 11.6 Å². The normalized spacial score (nSPS) is 12.7. The summed E-state index contributed by atoms with van der Waals surface area (Å²) in [5.41, 5.74) is 0.828. The molecule has 0 aliphatic heterocycles. The molecule has 0 aliphatic carbocycles. The number of halogens is 2. The largest absolute Gasteiger partial charge is 0.313 e. The van der Waals surface area contributed by atoms with Crippen LogP contribution in [0, 0.1) is 5.82 Å². The monoisotopic (exact) mass is 269 g/mol. The van der Waals surface area contributed by atoms with Crippen LogP contribution in [0.3, 0.4) is 0 Å². The van der Waals surface area contributed by atoms with E-state index in [9.17, 15) is 4.39 Å². The smallest absolute Gasteiger partial charge is 0.125 e. The fraction of sp³-hybridized carbons (Fsp3) is 0.231. The van der Waals surface area contributed by atoms with Crippen LogP contribution in [0.15, 0.2) is 30.3 Å². The van der Waals surface area contributed by atoms with E-state index >= 15 is 0 Å². The van der Waals surface area contributed by atoms with Gasteiger partial charge >= 0.3 is 0 Å². The number of nitrogens with one attached hydrogen (secondary N) is 1. The van der Waals surface area contributed by atoms with Crippen LogP contribution in [0.4, 0.5) is 4.39 Å². The first-order valence-corrected chi connectivity index (χ1v) is 6.53. The number of rotatable bonds is 3. The van der Waals surface area contributed by atoms with E-state index in [1.165, 1.54) is 17.0 Å². The Morgan fingerprint density at radius 2 is 2.06 bits per heavy atom. The lowest BCUT2D eigenvalue weighted by molar-refractivity contribution is 0.628. The van der Waals surface area contributed by atoms with Gasteiger partial charge in [-0.25, -0.2) is 4.39 Å². The third-order valence-electron chi connectivity index (χ3n) is 2.63. The molecule has 0 saturated heterocycles. The molecule has 2 rings (SSSR count). The van der Waals surface area contributed by atoms with E-state index in [-0.39, 0.29) is 5.82 Å². The summed E-state index contributed by atoms with van der Waals surface area (Å²) >= 11 is 7.50. The molecule has 1 aromatic carbocycles. The zero-order valence-electron chi connectivity index (χ0n) is 9.63. The maximum absolute atomic E-state index is 13.3. The van der Waals surface area contributed by atoms with Gasteiger partial charge in [0, 0.05) is 20.8 Å². The molecule has 0 aliphatic rings. The highest BCUT2D eigenvalue weighted by Gasteiger charge is 2.09. The zero-order valence-corrected chi connectivity index (χ0v) is 11.2. The van der Waals surface area contributed by atoms with E-state index in [0.717, 1.165) is 10.4 Å². The van der Waals surface area contributed by atoms with Gasteiger partial charge in [0.05, 0.1) is 0 Å².